The van der Waals surface area contributed by atoms with Gasteiger partial charge >= 0.3 is 0 Å². The van der Waals surface area contributed by atoms with Crippen LogP contribution in [0.25, 0.3) is 0 Å². The monoisotopic (exact) mass is 250 g/mol. The summed E-state index contributed by atoms with van der Waals surface area (Å²) in [5, 5.41) is 20.4. The van der Waals surface area contributed by atoms with Gasteiger partial charge in [0.05, 0.1) is 24.5 Å². The van der Waals surface area contributed by atoms with E-state index in [2.05, 4.69) is 5.32 Å². The lowest BCUT2D eigenvalue weighted by Crippen LogP contribution is -2.51. The number of amides is 2. The fourth-order valence-electron chi connectivity index (χ4n) is 0.866. The largest absolute Gasteiger partial charge is 0.394 e. The third-order valence-electron chi connectivity index (χ3n) is 1.86. The average molecular weight is 250 g/mol. The Morgan fingerprint density at radius 3 is 2.38 bits per heavy atom. The first-order valence-corrected chi connectivity index (χ1v) is 5.98. The average Bonchev–Trinajstić information content (AvgIpc) is 2.24. The quantitative estimate of drug-likeness (QED) is 0.390. The maximum Gasteiger partial charge on any atom is 0.227 e. The van der Waals surface area contributed by atoms with Crippen molar-refractivity contribution in [2.45, 2.75) is 18.9 Å². The van der Waals surface area contributed by atoms with Gasteiger partial charge in [0, 0.05) is 12.2 Å². The van der Waals surface area contributed by atoms with Gasteiger partial charge in [-0.2, -0.15) is 11.8 Å². The van der Waals surface area contributed by atoms with Gasteiger partial charge in [-0.3, -0.25) is 9.59 Å². The Morgan fingerprint density at radius 1 is 1.38 bits per heavy atom. The zero-order chi connectivity index (χ0) is 12.6. The molecule has 0 bridgehead atoms. The number of thioether (sulfide) groups is 1. The fourth-order valence-corrected chi connectivity index (χ4v) is 1.54. The molecular formula is C9H18N2O4S. The van der Waals surface area contributed by atoms with E-state index >= 15 is 0 Å². The Morgan fingerprint density at radius 2 is 1.94 bits per heavy atom. The summed E-state index contributed by atoms with van der Waals surface area (Å²) in [7, 11) is 0. The summed E-state index contributed by atoms with van der Waals surface area (Å²) in [6, 6.07) is 0. The number of primary amides is 1. The first-order chi connectivity index (χ1) is 7.43. The first kappa shape index (κ1) is 15.2. The van der Waals surface area contributed by atoms with E-state index in [1.165, 1.54) is 11.8 Å². The van der Waals surface area contributed by atoms with Crippen LogP contribution in [0.4, 0.5) is 0 Å². The highest BCUT2D eigenvalue weighted by Gasteiger charge is 2.23. The SMILES string of the molecule is CC(CO)(CO)NC(=O)CCSCC(N)=O. The van der Waals surface area contributed by atoms with Crippen LogP contribution in [0.2, 0.25) is 0 Å². The number of hydrogen-bond acceptors (Lipinski definition) is 5. The molecule has 0 unspecified atom stereocenters. The second-order valence-electron chi connectivity index (χ2n) is 3.69. The maximum atomic E-state index is 11.4. The van der Waals surface area contributed by atoms with Gasteiger partial charge in [0.15, 0.2) is 0 Å². The van der Waals surface area contributed by atoms with Gasteiger partial charge in [0.25, 0.3) is 0 Å². The van der Waals surface area contributed by atoms with Crippen LogP contribution in [-0.4, -0.2) is 52.3 Å². The molecule has 0 radical (unpaired) electrons. The van der Waals surface area contributed by atoms with Crippen LogP contribution in [0.15, 0.2) is 0 Å². The van der Waals surface area contributed by atoms with E-state index < -0.39 is 11.4 Å². The molecule has 0 spiro atoms. The van der Waals surface area contributed by atoms with Crippen LogP contribution in [0, 0.1) is 0 Å². The van der Waals surface area contributed by atoms with Crippen molar-refractivity contribution in [2.75, 3.05) is 24.7 Å². The Labute approximate surface area is 98.6 Å². The Kier molecular flexibility index (Phi) is 7.11. The highest BCUT2D eigenvalue weighted by Crippen LogP contribution is 2.04. The zero-order valence-corrected chi connectivity index (χ0v) is 10.0. The fraction of sp³-hybridized carbons (Fsp3) is 0.778. The van der Waals surface area contributed by atoms with Crippen molar-refractivity contribution in [3.8, 4) is 0 Å². The van der Waals surface area contributed by atoms with Gasteiger partial charge in [-0.05, 0) is 6.92 Å². The summed E-state index contributed by atoms with van der Waals surface area (Å²) in [5.74, 6) is -0.0322. The van der Waals surface area contributed by atoms with Crippen LogP contribution < -0.4 is 11.1 Å². The molecule has 0 aliphatic carbocycles. The molecule has 0 atom stereocenters. The van der Waals surface area contributed by atoms with Crippen LogP contribution in [0.1, 0.15) is 13.3 Å². The van der Waals surface area contributed by atoms with Crippen LogP contribution in [-0.2, 0) is 9.59 Å². The minimum atomic E-state index is -0.995. The number of carbonyl (C=O) groups is 2. The molecule has 0 aromatic heterocycles. The van der Waals surface area contributed by atoms with E-state index in [-0.39, 0.29) is 31.3 Å². The third-order valence-corrected chi connectivity index (χ3v) is 2.84. The molecule has 16 heavy (non-hydrogen) atoms. The number of aliphatic hydroxyl groups is 2. The predicted molar refractivity (Wildman–Crippen MR) is 61.9 cm³/mol. The molecule has 0 aromatic carbocycles. The van der Waals surface area contributed by atoms with Gasteiger partial charge in [-0.15, -0.1) is 0 Å². The van der Waals surface area contributed by atoms with Crippen molar-refractivity contribution in [3.05, 3.63) is 0 Å². The third kappa shape index (κ3) is 6.65. The summed E-state index contributed by atoms with van der Waals surface area (Å²) in [4.78, 5) is 21.8. The number of carbonyl (C=O) groups excluding carboxylic acids is 2. The van der Waals surface area contributed by atoms with E-state index in [4.69, 9.17) is 15.9 Å². The Bertz CT molecular complexity index is 244. The smallest absolute Gasteiger partial charge is 0.227 e. The van der Waals surface area contributed by atoms with Gasteiger partial charge in [-0.25, -0.2) is 0 Å². The normalized spacial score (nSPS) is 11.2. The van der Waals surface area contributed by atoms with E-state index in [9.17, 15) is 9.59 Å². The Hall–Kier alpha value is -0.790. The number of hydrogen-bond donors (Lipinski definition) is 4. The lowest BCUT2D eigenvalue weighted by Gasteiger charge is -2.26. The van der Waals surface area contributed by atoms with Crippen molar-refractivity contribution < 1.29 is 19.8 Å². The molecule has 7 heteroatoms. The number of aliphatic hydroxyl groups excluding tert-OH is 2. The minimum Gasteiger partial charge on any atom is -0.394 e. The summed E-state index contributed by atoms with van der Waals surface area (Å²) >= 11 is 1.27. The number of nitrogens with one attached hydrogen (secondary N) is 1. The molecule has 5 N–H and O–H groups in total. The molecule has 94 valence electrons. The molecule has 0 heterocycles. The summed E-state index contributed by atoms with van der Waals surface area (Å²) in [6.07, 6.45) is 0.216. The molecule has 0 aliphatic rings. The molecule has 0 fully saturated rings. The molecule has 0 aliphatic heterocycles. The van der Waals surface area contributed by atoms with Crippen molar-refractivity contribution in [1.82, 2.24) is 5.32 Å². The van der Waals surface area contributed by atoms with Crippen molar-refractivity contribution >= 4 is 23.6 Å². The highest BCUT2D eigenvalue weighted by atomic mass is 32.2. The molecule has 0 saturated carbocycles. The van der Waals surface area contributed by atoms with Gasteiger partial charge in [0.1, 0.15) is 0 Å². The highest BCUT2D eigenvalue weighted by molar-refractivity contribution is 7.99. The molecule has 0 aromatic rings. The molecule has 2 amide bonds. The van der Waals surface area contributed by atoms with E-state index in [0.717, 1.165) is 0 Å². The number of nitrogens with two attached hydrogens (primary N) is 1. The summed E-state index contributed by atoms with van der Waals surface area (Å²) in [5.41, 5.74) is 3.93. The van der Waals surface area contributed by atoms with Crippen LogP contribution in [0.5, 0.6) is 0 Å². The van der Waals surface area contributed by atoms with Gasteiger partial charge in [-0.1, -0.05) is 0 Å². The second-order valence-corrected chi connectivity index (χ2v) is 4.80. The van der Waals surface area contributed by atoms with Crippen molar-refractivity contribution in [1.29, 1.82) is 0 Å². The van der Waals surface area contributed by atoms with Gasteiger partial charge < -0.3 is 21.3 Å². The molecular weight excluding hydrogens is 232 g/mol. The first-order valence-electron chi connectivity index (χ1n) is 4.82. The van der Waals surface area contributed by atoms with Crippen molar-refractivity contribution in [2.24, 2.45) is 5.73 Å². The lowest BCUT2D eigenvalue weighted by molar-refractivity contribution is -0.123. The summed E-state index contributed by atoms with van der Waals surface area (Å²) < 4.78 is 0. The minimum absolute atomic E-state index is 0.185. The zero-order valence-electron chi connectivity index (χ0n) is 9.23. The predicted octanol–water partition coefficient (Wildman–Crippen LogP) is -1.55. The standard InChI is InChI=1S/C9H18N2O4S/c1-9(5-12,6-13)11-8(15)2-3-16-4-7(10)14/h12-13H,2-6H2,1H3,(H2,10,14)(H,11,15). The number of rotatable bonds is 8. The van der Waals surface area contributed by atoms with Crippen LogP contribution in [0.3, 0.4) is 0 Å². The molecule has 0 rings (SSSR count). The second kappa shape index (κ2) is 7.48. The van der Waals surface area contributed by atoms with E-state index in [1.807, 2.05) is 0 Å². The van der Waals surface area contributed by atoms with Crippen molar-refractivity contribution in [3.63, 3.8) is 0 Å². The lowest BCUT2D eigenvalue weighted by atomic mass is 10.1. The van der Waals surface area contributed by atoms with Crippen LogP contribution >= 0.6 is 11.8 Å². The molecule has 6 nitrogen and oxygen atoms in total. The van der Waals surface area contributed by atoms with Gasteiger partial charge in [0.2, 0.25) is 11.8 Å². The van der Waals surface area contributed by atoms with E-state index in [1.54, 1.807) is 6.92 Å². The summed E-state index contributed by atoms with van der Waals surface area (Å²) in [6.45, 7) is 0.884. The molecule has 0 saturated heterocycles. The maximum absolute atomic E-state index is 11.4. The van der Waals surface area contributed by atoms with E-state index in [0.29, 0.717) is 5.75 Å². The Balaban J connectivity index is 3.77. The topological polar surface area (TPSA) is 113 Å².